The minimum absolute atomic E-state index is 0.0574. The third-order valence-electron chi connectivity index (χ3n) is 3.77. The SMILES string of the molecule is CC(F)(c1ccc(O)cc1)C1CCCNCC1. The van der Waals surface area contributed by atoms with E-state index in [9.17, 15) is 9.50 Å². The highest BCUT2D eigenvalue weighted by atomic mass is 19.1. The van der Waals surface area contributed by atoms with Crippen molar-refractivity contribution < 1.29 is 9.50 Å². The molecule has 1 saturated heterocycles. The molecule has 2 rings (SSSR count). The summed E-state index contributed by atoms with van der Waals surface area (Å²) >= 11 is 0. The van der Waals surface area contributed by atoms with Crippen LogP contribution in [-0.2, 0) is 5.67 Å². The molecule has 2 unspecified atom stereocenters. The molecule has 0 radical (unpaired) electrons. The molecule has 0 spiro atoms. The maximum Gasteiger partial charge on any atom is 0.136 e. The maximum atomic E-state index is 14.9. The fraction of sp³-hybridized carbons (Fsp3) is 0.571. The number of phenols is 1. The van der Waals surface area contributed by atoms with Gasteiger partial charge < -0.3 is 10.4 Å². The molecule has 94 valence electrons. The molecule has 1 aliphatic heterocycles. The Kier molecular flexibility index (Phi) is 3.67. The van der Waals surface area contributed by atoms with E-state index >= 15 is 0 Å². The Morgan fingerprint density at radius 3 is 2.65 bits per heavy atom. The molecular weight excluding hydrogens is 217 g/mol. The van der Waals surface area contributed by atoms with E-state index in [-0.39, 0.29) is 11.7 Å². The quantitative estimate of drug-likeness (QED) is 0.828. The second-order valence-corrected chi connectivity index (χ2v) is 5.00. The highest BCUT2D eigenvalue weighted by Crippen LogP contribution is 2.39. The number of aromatic hydroxyl groups is 1. The van der Waals surface area contributed by atoms with E-state index in [0.717, 1.165) is 32.4 Å². The summed E-state index contributed by atoms with van der Waals surface area (Å²) in [5, 5.41) is 12.5. The number of nitrogens with one attached hydrogen (secondary N) is 1. The first-order valence-corrected chi connectivity index (χ1v) is 6.30. The van der Waals surface area contributed by atoms with Gasteiger partial charge in [-0.2, -0.15) is 0 Å². The predicted octanol–water partition coefficient (Wildman–Crippen LogP) is 2.97. The van der Waals surface area contributed by atoms with E-state index in [1.165, 1.54) is 0 Å². The van der Waals surface area contributed by atoms with Crippen LogP contribution in [0.1, 0.15) is 31.7 Å². The van der Waals surface area contributed by atoms with Crippen LogP contribution in [0.15, 0.2) is 24.3 Å². The number of benzene rings is 1. The van der Waals surface area contributed by atoms with Gasteiger partial charge in [-0.25, -0.2) is 4.39 Å². The van der Waals surface area contributed by atoms with Crippen LogP contribution < -0.4 is 5.32 Å². The zero-order valence-corrected chi connectivity index (χ0v) is 10.2. The van der Waals surface area contributed by atoms with Gasteiger partial charge in [0.15, 0.2) is 0 Å². The number of hydrogen-bond acceptors (Lipinski definition) is 2. The smallest absolute Gasteiger partial charge is 0.136 e. The van der Waals surface area contributed by atoms with Crippen molar-refractivity contribution in [3.05, 3.63) is 29.8 Å². The van der Waals surface area contributed by atoms with Gasteiger partial charge in [0, 0.05) is 0 Å². The summed E-state index contributed by atoms with van der Waals surface area (Å²) in [6.07, 6.45) is 2.82. The predicted molar refractivity (Wildman–Crippen MR) is 66.8 cm³/mol. The normalized spacial score (nSPS) is 24.9. The molecule has 17 heavy (non-hydrogen) atoms. The highest BCUT2D eigenvalue weighted by molar-refractivity contribution is 5.30. The fourth-order valence-corrected chi connectivity index (χ4v) is 2.58. The van der Waals surface area contributed by atoms with Crippen molar-refractivity contribution in [2.24, 2.45) is 5.92 Å². The van der Waals surface area contributed by atoms with Crippen molar-refractivity contribution in [1.82, 2.24) is 5.32 Å². The van der Waals surface area contributed by atoms with Crippen LogP contribution in [0.2, 0.25) is 0 Å². The summed E-state index contributed by atoms with van der Waals surface area (Å²) in [5.74, 6) is 0.245. The Hall–Kier alpha value is -1.09. The zero-order valence-electron chi connectivity index (χ0n) is 10.2. The van der Waals surface area contributed by atoms with Crippen LogP contribution >= 0.6 is 0 Å². The lowest BCUT2D eigenvalue weighted by Crippen LogP contribution is -2.28. The minimum atomic E-state index is -1.31. The highest BCUT2D eigenvalue weighted by Gasteiger charge is 2.35. The van der Waals surface area contributed by atoms with Gasteiger partial charge in [0.25, 0.3) is 0 Å². The molecule has 3 heteroatoms. The van der Waals surface area contributed by atoms with Crippen molar-refractivity contribution in [1.29, 1.82) is 0 Å². The molecule has 0 aliphatic carbocycles. The topological polar surface area (TPSA) is 32.3 Å². The van der Waals surface area contributed by atoms with Crippen LogP contribution in [0.4, 0.5) is 4.39 Å². The number of alkyl halides is 1. The molecule has 0 saturated carbocycles. The van der Waals surface area contributed by atoms with Gasteiger partial charge in [0.2, 0.25) is 0 Å². The van der Waals surface area contributed by atoms with E-state index < -0.39 is 5.67 Å². The summed E-state index contributed by atoms with van der Waals surface area (Å²) in [6.45, 7) is 3.54. The number of phenolic OH excluding ortho intramolecular Hbond substituents is 1. The molecule has 0 amide bonds. The molecular formula is C14H20FNO. The number of halogens is 1. The minimum Gasteiger partial charge on any atom is -0.508 e. The lowest BCUT2D eigenvalue weighted by molar-refractivity contribution is 0.0909. The van der Waals surface area contributed by atoms with Gasteiger partial charge in [-0.15, -0.1) is 0 Å². The first-order chi connectivity index (χ1) is 8.10. The van der Waals surface area contributed by atoms with Gasteiger partial charge in [-0.3, -0.25) is 0 Å². The maximum absolute atomic E-state index is 14.9. The molecule has 1 aromatic rings. The van der Waals surface area contributed by atoms with Gasteiger partial charge in [0.05, 0.1) is 0 Å². The van der Waals surface area contributed by atoms with E-state index in [4.69, 9.17) is 0 Å². The van der Waals surface area contributed by atoms with Gasteiger partial charge >= 0.3 is 0 Å². The second-order valence-electron chi connectivity index (χ2n) is 5.00. The molecule has 2 nitrogen and oxygen atoms in total. The molecule has 1 aromatic carbocycles. The zero-order chi connectivity index (χ0) is 12.3. The average Bonchev–Trinajstić information content (AvgIpc) is 2.58. The molecule has 2 atom stereocenters. The summed E-state index contributed by atoms with van der Waals surface area (Å²) in [6, 6.07) is 6.49. The van der Waals surface area contributed by atoms with Crippen LogP contribution in [-0.4, -0.2) is 18.2 Å². The van der Waals surface area contributed by atoms with E-state index in [1.807, 2.05) is 0 Å². The van der Waals surface area contributed by atoms with Crippen LogP contribution in [0, 0.1) is 5.92 Å². The summed E-state index contributed by atoms with van der Waals surface area (Å²) in [4.78, 5) is 0. The Morgan fingerprint density at radius 2 is 1.94 bits per heavy atom. The van der Waals surface area contributed by atoms with Crippen molar-refractivity contribution in [2.45, 2.75) is 31.9 Å². The van der Waals surface area contributed by atoms with Crippen molar-refractivity contribution in [3.8, 4) is 5.75 Å². The monoisotopic (exact) mass is 237 g/mol. The van der Waals surface area contributed by atoms with Crippen LogP contribution in [0.25, 0.3) is 0 Å². The molecule has 1 aliphatic rings. The van der Waals surface area contributed by atoms with Gasteiger partial charge in [-0.1, -0.05) is 12.1 Å². The fourth-order valence-electron chi connectivity index (χ4n) is 2.58. The Morgan fingerprint density at radius 1 is 1.24 bits per heavy atom. The third kappa shape index (κ3) is 2.78. The second kappa shape index (κ2) is 5.05. The molecule has 0 bridgehead atoms. The first kappa shape index (κ1) is 12.4. The largest absolute Gasteiger partial charge is 0.508 e. The lowest BCUT2D eigenvalue weighted by Gasteiger charge is -2.30. The van der Waals surface area contributed by atoms with Crippen LogP contribution in [0.3, 0.4) is 0 Å². The summed E-state index contributed by atoms with van der Waals surface area (Å²) in [7, 11) is 0. The van der Waals surface area contributed by atoms with E-state index in [1.54, 1.807) is 31.2 Å². The average molecular weight is 237 g/mol. The lowest BCUT2D eigenvalue weighted by atomic mass is 9.80. The first-order valence-electron chi connectivity index (χ1n) is 6.30. The van der Waals surface area contributed by atoms with Gasteiger partial charge in [0.1, 0.15) is 11.4 Å². The van der Waals surface area contributed by atoms with Crippen molar-refractivity contribution in [2.75, 3.05) is 13.1 Å². The summed E-state index contributed by atoms with van der Waals surface area (Å²) < 4.78 is 14.9. The van der Waals surface area contributed by atoms with E-state index in [2.05, 4.69) is 5.32 Å². The van der Waals surface area contributed by atoms with Crippen molar-refractivity contribution >= 4 is 0 Å². The third-order valence-corrected chi connectivity index (χ3v) is 3.77. The Balaban J connectivity index is 2.18. The molecule has 0 aromatic heterocycles. The number of hydrogen-bond donors (Lipinski definition) is 2. The van der Waals surface area contributed by atoms with Crippen LogP contribution in [0.5, 0.6) is 5.75 Å². The molecule has 2 N–H and O–H groups in total. The Labute approximate surface area is 102 Å². The summed E-state index contributed by atoms with van der Waals surface area (Å²) in [5.41, 5.74) is -0.637. The standard InChI is InChI=1S/C14H20FNO/c1-14(15,11-3-2-9-16-10-8-11)12-4-6-13(17)7-5-12/h4-7,11,16-17H,2-3,8-10H2,1H3. The van der Waals surface area contributed by atoms with E-state index in [0.29, 0.717) is 5.56 Å². The number of rotatable bonds is 2. The van der Waals surface area contributed by atoms with Crippen molar-refractivity contribution in [3.63, 3.8) is 0 Å². The van der Waals surface area contributed by atoms with Gasteiger partial charge in [-0.05, 0) is 62.9 Å². The molecule has 1 fully saturated rings. The Bertz CT molecular complexity index is 353. The molecule has 1 heterocycles.